The molecule has 190 valence electrons. The number of benzene rings is 1. The lowest BCUT2D eigenvalue weighted by Crippen LogP contribution is -2.66. The molecule has 1 N–H and O–H groups in total. The van der Waals surface area contributed by atoms with E-state index in [2.05, 4.69) is 15.0 Å². The number of hydrogen-bond acceptors (Lipinski definition) is 5. The van der Waals surface area contributed by atoms with Crippen LogP contribution in [0.1, 0.15) is 53.3 Å². The predicted octanol–water partition coefficient (Wildman–Crippen LogP) is 4.66. The van der Waals surface area contributed by atoms with Gasteiger partial charge in [-0.1, -0.05) is 0 Å². The van der Waals surface area contributed by atoms with E-state index in [1.165, 1.54) is 43.0 Å². The van der Waals surface area contributed by atoms with E-state index in [1.54, 1.807) is 0 Å². The van der Waals surface area contributed by atoms with Gasteiger partial charge in [0.2, 0.25) is 5.92 Å². The van der Waals surface area contributed by atoms with E-state index in [1.807, 2.05) is 0 Å². The summed E-state index contributed by atoms with van der Waals surface area (Å²) in [5.41, 5.74) is -2.66. The summed E-state index contributed by atoms with van der Waals surface area (Å²) in [6, 6.07) is 6.88. The summed E-state index contributed by atoms with van der Waals surface area (Å²) in [4.78, 5) is 36.3. The molecule has 1 spiro atoms. The molecule has 2 aromatic heterocycles. The molecule has 36 heavy (non-hydrogen) atoms. The van der Waals surface area contributed by atoms with Crippen LogP contribution in [0, 0.1) is 12.3 Å². The molecule has 0 radical (unpaired) electrons. The number of likely N-dealkylation sites (tertiary alicyclic amines) is 1. The van der Waals surface area contributed by atoms with Crippen molar-refractivity contribution in [2.24, 2.45) is 5.41 Å². The van der Waals surface area contributed by atoms with E-state index < -0.39 is 34.9 Å². The van der Waals surface area contributed by atoms with Crippen LogP contribution in [0.2, 0.25) is 0 Å². The van der Waals surface area contributed by atoms with Gasteiger partial charge in [0, 0.05) is 42.5 Å². The number of aryl methyl sites for hydroxylation is 1. The van der Waals surface area contributed by atoms with Crippen molar-refractivity contribution in [3.05, 3.63) is 63.3 Å². The molecule has 0 bridgehead atoms. The maximum atomic E-state index is 13.7. The maximum Gasteiger partial charge on any atom is 0.433 e. The number of halogens is 5. The summed E-state index contributed by atoms with van der Waals surface area (Å²) in [6.45, 7) is 3.38. The molecular formula is C24H21F5N4O3. The first kappa shape index (κ1) is 24.1. The van der Waals surface area contributed by atoms with E-state index in [-0.39, 0.29) is 60.0 Å². The quantitative estimate of drug-likeness (QED) is 0.518. The molecule has 3 aromatic rings. The first-order chi connectivity index (χ1) is 16.8. The molecule has 1 amide bonds. The molecule has 1 saturated carbocycles. The lowest BCUT2D eigenvalue weighted by molar-refractivity contribution is -0.203. The number of nitrogens with one attached hydrogen (secondary N) is 1. The van der Waals surface area contributed by atoms with Crippen molar-refractivity contribution in [2.45, 2.75) is 44.9 Å². The minimum atomic E-state index is -4.81. The van der Waals surface area contributed by atoms with Crippen molar-refractivity contribution < 1.29 is 31.5 Å². The normalized spacial score (nSPS) is 19.0. The molecule has 1 atom stereocenters. The second-order valence-electron chi connectivity index (χ2n) is 9.60. The van der Waals surface area contributed by atoms with Crippen molar-refractivity contribution >= 4 is 16.9 Å². The van der Waals surface area contributed by atoms with Gasteiger partial charge in [-0.3, -0.25) is 9.59 Å². The largest absolute Gasteiger partial charge is 0.486 e. The Hall–Kier alpha value is -3.57. The van der Waals surface area contributed by atoms with Gasteiger partial charge in [-0.25, -0.2) is 18.7 Å². The van der Waals surface area contributed by atoms with E-state index in [4.69, 9.17) is 4.74 Å². The third-order valence-corrected chi connectivity index (χ3v) is 6.57. The topological polar surface area (TPSA) is 88.2 Å². The third kappa shape index (κ3) is 4.28. The Kier molecular flexibility index (Phi) is 5.34. The summed E-state index contributed by atoms with van der Waals surface area (Å²) >= 11 is 0. The van der Waals surface area contributed by atoms with Crippen LogP contribution in [0.15, 0.2) is 35.1 Å². The highest BCUT2D eigenvalue weighted by Gasteiger charge is 2.62. The molecular weight excluding hydrogens is 487 g/mol. The van der Waals surface area contributed by atoms with Crippen LogP contribution in [0.3, 0.4) is 0 Å². The van der Waals surface area contributed by atoms with Gasteiger partial charge in [0.25, 0.3) is 11.5 Å². The van der Waals surface area contributed by atoms with Gasteiger partial charge in [0.05, 0.1) is 5.39 Å². The average molecular weight is 508 g/mol. The monoisotopic (exact) mass is 508 g/mol. The number of fused-ring (bicyclic) bond motifs is 1. The highest BCUT2D eigenvalue weighted by Crippen LogP contribution is 2.56. The van der Waals surface area contributed by atoms with E-state index in [9.17, 15) is 31.5 Å². The van der Waals surface area contributed by atoms with Crippen molar-refractivity contribution in [3.8, 4) is 5.75 Å². The van der Waals surface area contributed by atoms with Crippen LogP contribution in [0.25, 0.3) is 11.0 Å². The van der Waals surface area contributed by atoms with Crippen LogP contribution >= 0.6 is 0 Å². The van der Waals surface area contributed by atoms with Crippen LogP contribution in [0.4, 0.5) is 22.0 Å². The molecule has 2 fully saturated rings. The molecule has 0 unspecified atom stereocenters. The lowest BCUT2D eigenvalue weighted by atomic mass is 9.61. The zero-order chi connectivity index (χ0) is 26.0. The van der Waals surface area contributed by atoms with Crippen molar-refractivity contribution in [3.63, 3.8) is 0 Å². The second-order valence-corrected chi connectivity index (χ2v) is 9.60. The van der Waals surface area contributed by atoms with Gasteiger partial charge in [0.15, 0.2) is 11.3 Å². The van der Waals surface area contributed by atoms with Crippen molar-refractivity contribution in [1.82, 2.24) is 19.9 Å². The third-order valence-electron chi connectivity index (χ3n) is 6.57. The minimum absolute atomic E-state index is 0.100. The Morgan fingerprint density at radius 1 is 1.14 bits per heavy atom. The van der Waals surface area contributed by atoms with Crippen LogP contribution < -0.4 is 10.3 Å². The molecule has 12 heteroatoms. The number of H-pyrrole nitrogens is 1. The second kappa shape index (κ2) is 7.97. The Morgan fingerprint density at radius 2 is 1.78 bits per heavy atom. The SMILES string of the molecule is Cc1nc2nc(C(F)(F)F)c([C@@H](C)Oc3ccc(C(=O)N4CC5(C4)CC(F)(F)C5)cc3)cc2c(=O)[nH]1. The number of aromatic amines is 1. The Labute approximate surface area is 201 Å². The first-order valence-corrected chi connectivity index (χ1v) is 11.2. The average Bonchev–Trinajstić information content (AvgIpc) is 2.74. The summed E-state index contributed by atoms with van der Waals surface area (Å²) in [7, 11) is 0. The number of carbonyl (C=O) groups excluding carboxylic acids is 1. The zero-order valence-corrected chi connectivity index (χ0v) is 19.2. The van der Waals surface area contributed by atoms with Gasteiger partial charge < -0.3 is 14.6 Å². The highest BCUT2D eigenvalue weighted by atomic mass is 19.4. The Balaban J connectivity index is 1.33. The van der Waals surface area contributed by atoms with Gasteiger partial charge in [-0.05, 0) is 44.2 Å². The van der Waals surface area contributed by atoms with Crippen molar-refractivity contribution in [1.29, 1.82) is 0 Å². The minimum Gasteiger partial charge on any atom is -0.486 e. The summed E-state index contributed by atoms with van der Waals surface area (Å²) in [5, 5.41) is -0.100. The van der Waals surface area contributed by atoms with Crippen LogP contribution in [-0.4, -0.2) is 44.8 Å². The molecule has 3 heterocycles. The molecule has 5 rings (SSSR count). The standard InChI is InChI=1S/C24H21F5N4O3/c1-12(16-7-17-19(30-13(2)31-20(17)34)32-18(16)24(27,28)29)36-15-5-3-14(4-6-15)21(35)33-10-22(11-33)8-23(25,26)9-22/h3-7,12H,8-11H2,1-2H3,(H,30,31,32,34)/t12-/m1/s1. The molecule has 7 nitrogen and oxygen atoms in total. The van der Waals surface area contributed by atoms with E-state index in [0.29, 0.717) is 5.56 Å². The van der Waals surface area contributed by atoms with Crippen LogP contribution in [0.5, 0.6) is 5.75 Å². The number of amides is 1. The number of carbonyl (C=O) groups is 1. The first-order valence-electron chi connectivity index (χ1n) is 11.2. The summed E-state index contributed by atoms with van der Waals surface area (Å²) in [6.07, 6.45) is -6.37. The molecule has 1 aromatic carbocycles. The van der Waals surface area contributed by atoms with Gasteiger partial charge in [-0.2, -0.15) is 13.2 Å². The molecule has 1 aliphatic heterocycles. The zero-order valence-electron chi connectivity index (χ0n) is 19.2. The number of nitrogens with zero attached hydrogens (tertiary/aromatic N) is 3. The molecule has 1 saturated heterocycles. The highest BCUT2D eigenvalue weighted by molar-refractivity contribution is 5.95. The van der Waals surface area contributed by atoms with Crippen LogP contribution in [-0.2, 0) is 6.18 Å². The summed E-state index contributed by atoms with van der Waals surface area (Å²) < 4.78 is 73.3. The fraction of sp³-hybridized carbons (Fsp3) is 0.417. The maximum absolute atomic E-state index is 13.7. The number of rotatable bonds is 4. The fourth-order valence-corrected chi connectivity index (χ4v) is 5.03. The van der Waals surface area contributed by atoms with Gasteiger partial charge in [-0.15, -0.1) is 0 Å². The van der Waals surface area contributed by atoms with E-state index in [0.717, 1.165) is 6.07 Å². The van der Waals surface area contributed by atoms with Gasteiger partial charge >= 0.3 is 6.18 Å². The Morgan fingerprint density at radius 3 is 2.36 bits per heavy atom. The number of pyridine rings is 1. The number of ether oxygens (including phenoxy) is 1. The predicted molar refractivity (Wildman–Crippen MR) is 118 cm³/mol. The molecule has 1 aliphatic carbocycles. The van der Waals surface area contributed by atoms with Gasteiger partial charge in [0.1, 0.15) is 17.7 Å². The summed E-state index contributed by atoms with van der Waals surface area (Å²) in [5.74, 6) is -2.63. The molecule has 2 aliphatic rings. The lowest BCUT2D eigenvalue weighted by Gasteiger charge is -2.58. The van der Waals surface area contributed by atoms with E-state index >= 15 is 0 Å². The fourth-order valence-electron chi connectivity index (χ4n) is 5.03. The van der Waals surface area contributed by atoms with Crippen molar-refractivity contribution in [2.75, 3.05) is 13.1 Å². The number of alkyl halides is 5. The smallest absolute Gasteiger partial charge is 0.433 e. The number of aromatic nitrogens is 3. The number of hydrogen-bond donors (Lipinski definition) is 1. The Bertz CT molecular complexity index is 1400.